The van der Waals surface area contributed by atoms with Crippen molar-refractivity contribution in [2.75, 3.05) is 19.5 Å². The van der Waals surface area contributed by atoms with Gasteiger partial charge in [-0.1, -0.05) is 0 Å². The lowest BCUT2D eigenvalue weighted by Crippen LogP contribution is -2.06. The summed E-state index contributed by atoms with van der Waals surface area (Å²) < 4.78 is 9.93. The van der Waals surface area contributed by atoms with E-state index in [-0.39, 0.29) is 5.91 Å². The van der Waals surface area contributed by atoms with Crippen LogP contribution in [0.4, 0.5) is 5.69 Å². The fourth-order valence-electron chi connectivity index (χ4n) is 1.87. The number of fused-ring (bicyclic) bond motifs is 1. The van der Waals surface area contributed by atoms with E-state index in [2.05, 4.69) is 15.0 Å². The van der Waals surface area contributed by atoms with Crippen molar-refractivity contribution in [3.63, 3.8) is 0 Å². The van der Waals surface area contributed by atoms with E-state index in [0.717, 1.165) is 0 Å². The minimum Gasteiger partial charge on any atom is -0.496 e. The Morgan fingerprint density at radius 2 is 1.95 bits per heavy atom. The molecule has 1 N–H and O–H groups in total. The molecule has 0 fully saturated rings. The van der Waals surface area contributed by atoms with E-state index < -0.39 is 5.97 Å². The van der Waals surface area contributed by atoms with Crippen molar-refractivity contribution in [2.24, 2.45) is 0 Å². The Kier molecular flexibility index (Phi) is 3.84. The molecule has 0 saturated carbocycles. The summed E-state index contributed by atoms with van der Waals surface area (Å²) in [6, 6.07) is 5.03. The van der Waals surface area contributed by atoms with Crippen molar-refractivity contribution >= 4 is 28.5 Å². The van der Waals surface area contributed by atoms with Gasteiger partial charge >= 0.3 is 5.97 Å². The van der Waals surface area contributed by atoms with Crippen molar-refractivity contribution in [1.82, 2.24) is 4.98 Å². The first kappa shape index (κ1) is 13.8. The summed E-state index contributed by atoms with van der Waals surface area (Å²) in [4.78, 5) is 26.8. The van der Waals surface area contributed by atoms with E-state index >= 15 is 0 Å². The van der Waals surface area contributed by atoms with Crippen LogP contribution < -0.4 is 10.1 Å². The van der Waals surface area contributed by atoms with Crippen molar-refractivity contribution < 1.29 is 19.1 Å². The molecular formula is C14H14N2O4. The van der Waals surface area contributed by atoms with Crippen LogP contribution in [-0.4, -0.2) is 31.1 Å². The van der Waals surface area contributed by atoms with E-state index in [1.54, 1.807) is 18.2 Å². The summed E-state index contributed by atoms with van der Waals surface area (Å²) in [5, 5.41) is 3.34. The van der Waals surface area contributed by atoms with Crippen LogP contribution in [0, 0.1) is 0 Å². The maximum atomic E-state index is 11.5. The van der Waals surface area contributed by atoms with Crippen LogP contribution in [0.25, 0.3) is 10.9 Å². The number of pyridine rings is 1. The van der Waals surface area contributed by atoms with Gasteiger partial charge in [0.2, 0.25) is 5.91 Å². The average Bonchev–Trinajstić information content (AvgIpc) is 2.44. The number of nitrogens with one attached hydrogen (secondary N) is 1. The highest BCUT2D eigenvalue weighted by atomic mass is 16.5. The number of nitrogens with zero attached hydrogens (tertiary/aromatic N) is 1. The molecular weight excluding hydrogens is 260 g/mol. The normalized spacial score (nSPS) is 10.2. The van der Waals surface area contributed by atoms with Crippen molar-refractivity contribution in [3.8, 4) is 5.75 Å². The molecule has 1 aromatic carbocycles. The fourth-order valence-corrected chi connectivity index (χ4v) is 1.87. The molecule has 6 heteroatoms. The molecule has 1 heterocycles. The molecule has 0 aliphatic carbocycles. The first-order valence-corrected chi connectivity index (χ1v) is 5.89. The van der Waals surface area contributed by atoms with Gasteiger partial charge in [0, 0.05) is 30.3 Å². The van der Waals surface area contributed by atoms with Gasteiger partial charge in [-0.05, 0) is 12.1 Å². The number of amides is 1. The summed E-state index contributed by atoms with van der Waals surface area (Å²) in [5.74, 6) is -0.130. The van der Waals surface area contributed by atoms with Crippen LogP contribution in [0.1, 0.15) is 17.3 Å². The minimum absolute atomic E-state index is 0.183. The average molecular weight is 274 g/mol. The van der Waals surface area contributed by atoms with Crippen LogP contribution >= 0.6 is 0 Å². The number of benzene rings is 1. The molecule has 0 atom stereocenters. The number of esters is 1. The second-order valence-electron chi connectivity index (χ2n) is 4.14. The van der Waals surface area contributed by atoms with Crippen molar-refractivity contribution in [3.05, 3.63) is 30.0 Å². The molecule has 0 aliphatic heterocycles. The third-order valence-electron chi connectivity index (χ3n) is 2.72. The zero-order chi connectivity index (χ0) is 14.7. The molecule has 1 aromatic heterocycles. The molecule has 2 rings (SSSR count). The summed E-state index contributed by atoms with van der Waals surface area (Å²) in [6.07, 6.45) is 1.42. The van der Waals surface area contributed by atoms with Gasteiger partial charge in [0.05, 0.1) is 25.3 Å². The Bertz CT molecular complexity index is 682. The molecule has 1 amide bonds. The molecule has 20 heavy (non-hydrogen) atoms. The van der Waals surface area contributed by atoms with Gasteiger partial charge in [0.1, 0.15) is 5.75 Å². The number of rotatable bonds is 3. The number of aromatic nitrogens is 1. The van der Waals surface area contributed by atoms with Crippen LogP contribution in [-0.2, 0) is 9.53 Å². The molecule has 104 valence electrons. The predicted molar refractivity (Wildman–Crippen MR) is 73.9 cm³/mol. The van der Waals surface area contributed by atoms with Crippen molar-refractivity contribution in [2.45, 2.75) is 6.92 Å². The highest BCUT2D eigenvalue weighted by Gasteiger charge is 2.11. The lowest BCUT2D eigenvalue weighted by atomic mass is 10.1. The number of hydrogen-bond donors (Lipinski definition) is 1. The second kappa shape index (κ2) is 5.56. The van der Waals surface area contributed by atoms with Gasteiger partial charge in [0.15, 0.2) is 0 Å². The minimum atomic E-state index is -0.465. The topological polar surface area (TPSA) is 77.5 Å². The molecule has 0 saturated heterocycles. The zero-order valence-electron chi connectivity index (χ0n) is 11.4. The molecule has 0 spiro atoms. The predicted octanol–water partition coefficient (Wildman–Crippen LogP) is 1.99. The number of methoxy groups -OCH3 is 2. The maximum absolute atomic E-state index is 11.5. The van der Waals surface area contributed by atoms with Gasteiger partial charge in [-0.25, -0.2) is 4.79 Å². The monoisotopic (exact) mass is 274 g/mol. The van der Waals surface area contributed by atoms with Crippen LogP contribution in [0.3, 0.4) is 0 Å². The van der Waals surface area contributed by atoms with Gasteiger partial charge in [-0.15, -0.1) is 0 Å². The van der Waals surface area contributed by atoms with Crippen LogP contribution in [0.15, 0.2) is 24.4 Å². The summed E-state index contributed by atoms with van der Waals surface area (Å²) in [7, 11) is 2.82. The maximum Gasteiger partial charge on any atom is 0.339 e. The van der Waals surface area contributed by atoms with Crippen molar-refractivity contribution in [1.29, 1.82) is 0 Å². The summed E-state index contributed by atoms with van der Waals surface area (Å²) in [6.45, 7) is 1.42. The van der Waals surface area contributed by atoms with Crippen LogP contribution in [0.5, 0.6) is 5.75 Å². The Morgan fingerprint density at radius 3 is 2.55 bits per heavy atom. The fraction of sp³-hybridized carbons (Fsp3) is 0.214. The number of ether oxygens (including phenoxy) is 2. The quantitative estimate of drug-likeness (QED) is 0.866. The Morgan fingerprint density at radius 1 is 1.20 bits per heavy atom. The van der Waals surface area contributed by atoms with E-state index in [0.29, 0.717) is 27.9 Å². The van der Waals surface area contributed by atoms with Gasteiger partial charge in [0.25, 0.3) is 0 Å². The van der Waals surface area contributed by atoms with E-state index in [1.807, 2.05) is 0 Å². The number of anilines is 1. The van der Waals surface area contributed by atoms with Gasteiger partial charge in [-0.2, -0.15) is 0 Å². The highest BCUT2D eigenvalue weighted by Crippen LogP contribution is 2.29. The Labute approximate surface area is 115 Å². The number of carbonyl (C=O) groups excluding carboxylic acids is 2. The molecule has 0 bridgehead atoms. The lowest BCUT2D eigenvalue weighted by Gasteiger charge is -2.10. The SMILES string of the molecule is COC(=O)c1cnc2cc(NC(C)=O)cc(OC)c2c1. The van der Waals surface area contributed by atoms with E-state index in [9.17, 15) is 9.59 Å². The Balaban J connectivity index is 2.58. The zero-order valence-corrected chi connectivity index (χ0v) is 11.4. The Hall–Kier alpha value is -2.63. The molecule has 0 radical (unpaired) electrons. The number of hydrogen-bond acceptors (Lipinski definition) is 5. The third kappa shape index (κ3) is 2.69. The third-order valence-corrected chi connectivity index (χ3v) is 2.72. The highest BCUT2D eigenvalue weighted by molar-refractivity contribution is 5.98. The molecule has 2 aromatic rings. The largest absolute Gasteiger partial charge is 0.496 e. The first-order chi connectivity index (χ1) is 9.55. The van der Waals surface area contributed by atoms with Crippen LogP contribution in [0.2, 0.25) is 0 Å². The summed E-state index contributed by atoms with van der Waals surface area (Å²) in [5.41, 5.74) is 1.53. The summed E-state index contributed by atoms with van der Waals surface area (Å²) >= 11 is 0. The molecule has 0 unspecified atom stereocenters. The molecule has 0 aliphatic rings. The van der Waals surface area contributed by atoms with E-state index in [1.165, 1.54) is 27.3 Å². The van der Waals surface area contributed by atoms with E-state index in [4.69, 9.17) is 4.74 Å². The number of carbonyl (C=O) groups is 2. The second-order valence-corrected chi connectivity index (χ2v) is 4.14. The lowest BCUT2D eigenvalue weighted by molar-refractivity contribution is -0.114. The molecule has 6 nitrogen and oxygen atoms in total. The first-order valence-electron chi connectivity index (χ1n) is 5.89. The van der Waals surface area contributed by atoms with Gasteiger partial charge in [-0.3, -0.25) is 9.78 Å². The smallest absolute Gasteiger partial charge is 0.339 e. The standard InChI is InChI=1S/C14H14N2O4/c1-8(17)16-10-5-12-11(13(6-10)19-2)4-9(7-15-12)14(18)20-3/h4-7H,1-3H3,(H,16,17). The van der Waals surface area contributed by atoms with Gasteiger partial charge < -0.3 is 14.8 Å².